The Bertz CT molecular complexity index is 567. The summed E-state index contributed by atoms with van der Waals surface area (Å²) in [4.78, 5) is 4.65. The summed E-state index contributed by atoms with van der Waals surface area (Å²) in [5, 5.41) is 0. The van der Waals surface area contributed by atoms with Gasteiger partial charge in [0, 0.05) is 5.69 Å². The van der Waals surface area contributed by atoms with Crippen molar-refractivity contribution in [3.05, 3.63) is 24.0 Å². The number of nitrogens with zero attached hydrogens (tertiary/aromatic N) is 1. The van der Waals surface area contributed by atoms with Crippen LogP contribution in [0.2, 0.25) is 0 Å². The maximum atomic E-state index is 5.79. The van der Waals surface area contributed by atoms with Gasteiger partial charge in [-0.2, -0.15) is 0 Å². The first kappa shape index (κ1) is 24.6. The number of hydrogen-bond acceptors (Lipinski definition) is 2. The highest BCUT2D eigenvalue weighted by atomic mass is 16.5. The van der Waals surface area contributed by atoms with Gasteiger partial charge in [0.25, 0.3) is 0 Å². The molecule has 0 N–H and O–H groups in total. The monoisotopic (exact) mass is 427 g/mol. The second-order valence-corrected chi connectivity index (χ2v) is 10.7. The second-order valence-electron chi connectivity index (χ2n) is 10.7. The summed E-state index contributed by atoms with van der Waals surface area (Å²) in [6.45, 7) is 5.39. The van der Waals surface area contributed by atoms with Crippen LogP contribution in [0.25, 0.3) is 0 Å². The fourth-order valence-electron chi connectivity index (χ4n) is 6.04. The Morgan fingerprint density at radius 3 is 1.81 bits per heavy atom. The van der Waals surface area contributed by atoms with Crippen LogP contribution in [0.3, 0.4) is 0 Å². The molecule has 1 aromatic heterocycles. The molecule has 0 aromatic carbocycles. The average molecular weight is 428 g/mol. The van der Waals surface area contributed by atoms with Crippen LogP contribution in [0, 0.1) is 23.7 Å². The quantitative estimate of drug-likeness (QED) is 0.293. The van der Waals surface area contributed by atoms with E-state index in [1.807, 2.05) is 6.20 Å². The maximum absolute atomic E-state index is 5.79. The standard InChI is InChI=1S/C29H49NO/c1-3-5-6-22-31-29-21-20-28(30-23-29)19-18-27-16-14-26(15-17-27)13-12-25-10-8-24(7-4-2)9-11-25/h20-21,23-27H,3-19,22H2,1-2H3/t24-,25-,26?,27?. The average Bonchev–Trinajstić information content (AvgIpc) is 2.82. The molecule has 0 unspecified atom stereocenters. The van der Waals surface area contributed by atoms with Crippen LogP contribution in [0.5, 0.6) is 5.75 Å². The lowest BCUT2D eigenvalue weighted by Gasteiger charge is -2.32. The maximum Gasteiger partial charge on any atom is 0.137 e. The molecule has 2 aliphatic rings. The third-order valence-corrected chi connectivity index (χ3v) is 8.24. The molecule has 2 aliphatic carbocycles. The van der Waals surface area contributed by atoms with Crippen LogP contribution in [0.1, 0.15) is 122 Å². The third kappa shape index (κ3) is 9.15. The van der Waals surface area contributed by atoms with E-state index in [4.69, 9.17) is 4.74 Å². The number of aryl methyl sites for hydroxylation is 1. The summed E-state index contributed by atoms with van der Waals surface area (Å²) in [5.74, 6) is 4.98. The van der Waals surface area contributed by atoms with Crippen LogP contribution in [0.4, 0.5) is 0 Å². The predicted octanol–water partition coefficient (Wildman–Crippen LogP) is 8.78. The van der Waals surface area contributed by atoms with E-state index < -0.39 is 0 Å². The Labute approximate surface area is 193 Å². The van der Waals surface area contributed by atoms with Gasteiger partial charge in [0.1, 0.15) is 5.75 Å². The molecule has 2 fully saturated rings. The van der Waals surface area contributed by atoms with Gasteiger partial charge in [-0.3, -0.25) is 4.98 Å². The van der Waals surface area contributed by atoms with Crippen molar-refractivity contribution in [2.75, 3.05) is 6.61 Å². The van der Waals surface area contributed by atoms with Gasteiger partial charge in [-0.05, 0) is 55.1 Å². The number of ether oxygens (including phenoxy) is 1. The smallest absolute Gasteiger partial charge is 0.137 e. The molecule has 0 radical (unpaired) electrons. The van der Waals surface area contributed by atoms with E-state index in [0.29, 0.717) is 0 Å². The molecule has 2 saturated carbocycles. The van der Waals surface area contributed by atoms with Crippen molar-refractivity contribution in [2.45, 2.75) is 123 Å². The van der Waals surface area contributed by atoms with Crippen molar-refractivity contribution in [1.82, 2.24) is 4.98 Å². The summed E-state index contributed by atoms with van der Waals surface area (Å²) in [7, 11) is 0. The van der Waals surface area contributed by atoms with Gasteiger partial charge >= 0.3 is 0 Å². The van der Waals surface area contributed by atoms with Crippen molar-refractivity contribution < 1.29 is 4.74 Å². The highest BCUT2D eigenvalue weighted by Gasteiger charge is 2.24. The number of pyridine rings is 1. The highest BCUT2D eigenvalue weighted by molar-refractivity contribution is 5.19. The van der Waals surface area contributed by atoms with Gasteiger partial charge in [-0.1, -0.05) is 104 Å². The van der Waals surface area contributed by atoms with Crippen LogP contribution in [-0.2, 0) is 6.42 Å². The second kappa shape index (κ2) is 14.2. The Hall–Kier alpha value is -1.05. The minimum atomic E-state index is 0.818. The van der Waals surface area contributed by atoms with E-state index in [0.717, 1.165) is 48.9 Å². The zero-order valence-corrected chi connectivity index (χ0v) is 20.6. The number of aromatic nitrogens is 1. The van der Waals surface area contributed by atoms with E-state index in [2.05, 4.69) is 31.0 Å². The molecule has 2 nitrogen and oxygen atoms in total. The van der Waals surface area contributed by atoms with E-state index >= 15 is 0 Å². The van der Waals surface area contributed by atoms with Gasteiger partial charge in [0.2, 0.25) is 0 Å². The number of unbranched alkanes of at least 4 members (excludes halogenated alkanes) is 2. The zero-order chi connectivity index (χ0) is 21.7. The SMILES string of the molecule is CCCCCOc1ccc(CCC2CCC(CC[C@H]3CC[C@H](CCC)CC3)CC2)nc1. The zero-order valence-electron chi connectivity index (χ0n) is 20.6. The van der Waals surface area contributed by atoms with E-state index in [1.165, 1.54) is 102 Å². The first-order valence-corrected chi connectivity index (χ1v) is 13.8. The lowest BCUT2D eigenvalue weighted by atomic mass is 9.74. The molecule has 0 spiro atoms. The summed E-state index contributed by atoms with van der Waals surface area (Å²) in [5.41, 5.74) is 1.24. The number of rotatable bonds is 13. The molecule has 0 amide bonds. The molecule has 0 atom stereocenters. The van der Waals surface area contributed by atoms with E-state index in [1.54, 1.807) is 0 Å². The first-order valence-electron chi connectivity index (χ1n) is 13.8. The topological polar surface area (TPSA) is 22.1 Å². The fourth-order valence-corrected chi connectivity index (χ4v) is 6.04. The van der Waals surface area contributed by atoms with Crippen molar-refractivity contribution in [1.29, 1.82) is 0 Å². The van der Waals surface area contributed by atoms with Crippen LogP contribution in [-0.4, -0.2) is 11.6 Å². The summed E-state index contributed by atoms with van der Waals surface area (Å²) in [6, 6.07) is 4.29. The molecule has 1 aromatic rings. The summed E-state index contributed by atoms with van der Waals surface area (Å²) < 4.78 is 5.79. The van der Waals surface area contributed by atoms with Crippen molar-refractivity contribution in [3.63, 3.8) is 0 Å². The van der Waals surface area contributed by atoms with Gasteiger partial charge < -0.3 is 4.74 Å². The predicted molar refractivity (Wildman–Crippen MR) is 133 cm³/mol. The van der Waals surface area contributed by atoms with Gasteiger partial charge in [-0.25, -0.2) is 0 Å². The Balaban J connectivity index is 1.25. The summed E-state index contributed by atoms with van der Waals surface area (Å²) in [6.07, 6.45) is 25.8. The molecule has 0 saturated heterocycles. The summed E-state index contributed by atoms with van der Waals surface area (Å²) >= 11 is 0. The minimum absolute atomic E-state index is 0.818. The van der Waals surface area contributed by atoms with Crippen LogP contribution < -0.4 is 4.74 Å². The molecule has 2 heteroatoms. The van der Waals surface area contributed by atoms with E-state index in [-0.39, 0.29) is 0 Å². The molecule has 1 heterocycles. The van der Waals surface area contributed by atoms with E-state index in [9.17, 15) is 0 Å². The molecular weight excluding hydrogens is 378 g/mol. The molecule has 3 rings (SSSR count). The van der Waals surface area contributed by atoms with Crippen molar-refractivity contribution in [3.8, 4) is 5.75 Å². The van der Waals surface area contributed by atoms with Gasteiger partial charge in [-0.15, -0.1) is 0 Å². The molecule has 0 bridgehead atoms. The Morgan fingerprint density at radius 1 is 0.710 bits per heavy atom. The van der Waals surface area contributed by atoms with Gasteiger partial charge in [0.15, 0.2) is 0 Å². The highest BCUT2D eigenvalue weighted by Crippen LogP contribution is 2.38. The lowest BCUT2D eigenvalue weighted by molar-refractivity contribution is 0.209. The van der Waals surface area contributed by atoms with Crippen LogP contribution >= 0.6 is 0 Å². The fraction of sp³-hybridized carbons (Fsp3) is 0.828. The Morgan fingerprint density at radius 2 is 1.29 bits per heavy atom. The normalized spacial score (nSPS) is 26.6. The Kier molecular flexibility index (Phi) is 11.2. The van der Waals surface area contributed by atoms with Gasteiger partial charge in [0.05, 0.1) is 12.8 Å². The number of hydrogen-bond donors (Lipinski definition) is 0. The molecule has 176 valence electrons. The lowest BCUT2D eigenvalue weighted by Crippen LogP contribution is -2.18. The van der Waals surface area contributed by atoms with Crippen molar-refractivity contribution in [2.24, 2.45) is 23.7 Å². The largest absolute Gasteiger partial charge is 0.492 e. The van der Waals surface area contributed by atoms with Crippen LogP contribution in [0.15, 0.2) is 18.3 Å². The first-order chi connectivity index (χ1) is 15.3. The molecule has 31 heavy (non-hydrogen) atoms. The minimum Gasteiger partial charge on any atom is -0.492 e. The van der Waals surface area contributed by atoms with Crippen molar-refractivity contribution >= 4 is 0 Å². The molecular formula is C29H49NO. The third-order valence-electron chi connectivity index (χ3n) is 8.24. The molecule has 0 aliphatic heterocycles.